The van der Waals surface area contributed by atoms with Crippen LogP contribution < -0.4 is 5.32 Å². The fraction of sp³-hybridized carbons (Fsp3) is 0.409. The first kappa shape index (κ1) is 19.9. The van der Waals surface area contributed by atoms with Crippen molar-refractivity contribution in [2.45, 2.75) is 25.3 Å². The largest absolute Gasteiger partial charge is 0.379 e. The zero-order valence-electron chi connectivity index (χ0n) is 15.6. The summed E-state index contributed by atoms with van der Waals surface area (Å²) in [4.78, 5) is 14.7. The Morgan fingerprint density at radius 2 is 1.78 bits per heavy atom. The number of halogens is 1. The fourth-order valence-electron chi connectivity index (χ4n) is 3.47. The third-order valence-electron chi connectivity index (χ3n) is 4.96. The lowest BCUT2D eigenvalue weighted by Gasteiger charge is -2.35. The van der Waals surface area contributed by atoms with Gasteiger partial charge in [-0.1, -0.05) is 60.1 Å². The van der Waals surface area contributed by atoms with Crippen molar-refractivity contribution in [3.8, 4) is 0 Å². The van der Waals surface area contributed by atoms with E-state index in [9.17, 15) is 4.79 Å². The Hall–Kier alpha value is -1.88. The second-order valence-electron chi connectivity index (χ2n) is 6.83. The highest BCUT2D eigenvalue weighted by molar-refractivity contribution is 6.31. The summed E-state index contributed by atoms with van der Waals surface area (Å²) in [5, 5.41) is 3.85. The van der Waals surface area contributed by atoms with Gasteiger partial charge in [-0.2, -0.15) is 0 Å². The van der Waals surface area contributed by atoms with E-state index >= 15 is 0 Å². The molecule has 3 rings (SSSR count). The zero-order valence-corrected chi connectivity index (χ0v) is 16.3. The molecule has 4 nitrogen and oxygen atoms in total. The molecule has 1 amide bonds. The molecule has 0 spiro atoms. The molecule has 0 saturated carbocycles. The van der Waals surface area contributed by atoms with Gasteiger partial charge in [0.2, 0.25) is 5.91 Å². The second-order valence-corrected chi connectivity index (χ2v) is 7.24. The molecule has 0 bridgehead atoms. The van der Waals surface area contributed by atoms with Crippen molar-refractivity contribution in [1.82, 2.24) is 10.2 Å². The molecule has 1 atom stereocenters. The minimum absolute atomic E-state index is 0.0701. The van der Waals surface area contributed by atoms with Gasteiger partial charge in [-0.3, -0.25) is 9.69 Å². The topological polar surface area (TPSA) is 41.6 Å². The van der Waals surface area contributed by atoms with Crippen LogP contribution in [0.25, 0.3) is 0 Å². The van der Waals surface area contributed by atoms with Gasteiger partial charge in [0.15, 0.2) is 0 Å². The standard InChI is InChI=1S/C22H27ClN2O2/c23-20-11-5-4-10-19(20)21(25-13-15-27-16-14-25)17-24-22(26)12-6-9-18-7-2-1-3-8-18/h1-5,7-8,10-11,21H,6,9,12-17H2,(H,24,26). The van der Waals surface area contributed by atoms with Crippen LogP contribution >= 0.6 is 11.6 Å². The molecular weight excluding hydrogens is 360 g/mol. The van der Waals surface area contributed by atoms with E-state index in [4.69, 9.17) is 16.3 Å². The first-order chi connectivity index (χ1) is 13.2. The van der Waals surface area contributed by atoms with E-state index in [1.807, 2.05) is 42.5 Å². The van der Waals surface area contributed by atoms with Crippen LogP contribution in [0.4, 0.5) is 0 Å². The monoisotopic (exact) mass is 386 g/mol. The van der Waals surface area contributed by atoms with Crippen LogP contribution in [0.1, 0.15) is 30.0 Å². The highest BCUT2D eigenvalue weighted by Crippen LogP contribution is 2.27. The van der Waals surface area contributed by atoms with Crippen LogP contribution in [0, 0.1) is 0 Å². The molecule has 0 aromatic heterocycles. The maximum absolute atomic E-state index is 12.3. The zero-order chi connectivity index (χ0) is 18.9. The molecule has 5 heteroatoms. The van der Waals surface area contributed by atoms with Crippen LogP contribution in [0.15, 0.2) is 54.6 Å². The normalized spacial score (nSPS) is 16.0. The van der Waals surface area contributed by atoms with Crippen molar-refractivity contribution in [3.63, 3.8) is 0 Å². The summed E-state index contributed by atoms with van der Waals surface area (Å²) in [6.07, 6.45) is 2.31. The molecule has 2 aromatic rings. The summed E-state index contributed by atoms with van der Waals surface area (Å²) in [6, 6.07) is 18.2. The molecule has 27 heavy (non-hydrogen) atoms. The number of morpholine rings is 1. The molecule has 0 radical (unpaired) electrons. The summed E-state index contributed by atoms with van der Waals surface area (Å²) in [5.74, 6) is 0.0937. The number of benzene rings is 2. The molecule has 1 unspecified atom stereocenters. The van der Waals surface area contributed by atoms with Gasteiger partial charge in [0.1, 0.15) is 0 Å². The molecule has 0 aliphatic carbocycles. The number of nitrogens with zero attached hydrogens (tertiary/aromatic N) is 1. The van der Waals surface area contributed by atoms with Crippen LogP contribution in [0.3, 0.4) is 0 Å². The van der Waals surface area contributed by atoms with Crippen LogP contribution in [-0.2, 0) is 16.0 Å². The number of carbonyl (C=O) groups excluding carboxylic acids is 1. The van der Waals surface area contributed by atoms with Crippen LogP contribution in [0.2, 0.25) is 5.02 Å². The summed E-state index contributed by atoms with van der Waals surface area (Å²) >= 11 is 6.43. The minimum atomic E-state index is 0.0701. The lowest BCUT2D eigenvalue weighted by molar-refractivity contribution is -0.121. The van der Waals surface area contributed by atoms with Gasteiger partial charge in [-0.25, -0.2) is 0 Å². The summed E-state index contributed by atoms with van der Waals surface area (Å²) in [7, 11) is 0. The Labute approximate surface area is 166 Å². The van der Waals surface area contributed by atoms with E-state index in [1.54, 1.807) is 0 Å². The fourth-order valence-corrected chi connectivity index (χ4v) is 3.73. The van der Waals surface area contributed by atoms with Gasteiger partial charge >= 0.3 is 0 Å². The highest BCUT2D eigenvalue weighted by Gasteiger charge is 2.24. The molecule has 144 valence electrons. The number of ether oxygens (including phenoxy) is 1. The Bertz CT molecular complexity index is 717. The molecule has 1 aliphatic rings. The van der Waals surface area contributed by atoms with Crippen molar-refractivity contribution < 1.29 is 9.53 Å². The van der Waals surface area contributed by atoms with Crippen LogP contribution in [0.5, 0.6) is 0 Å². The minimum Gasteiger partial charge on any atom is -0.379 e. The quantitative estimate of drug-likeness (QED) is 0.749. The summed E-state index contributed by atoms with van der Waals surface area (Å²) in [6.45, 7) is 3.69. The summed E-state index contributed by atoms with van der Waals surface area (Å²) < 4.78 is 5.47. The van der Waals surface area contributed by atoms with E-state index in [1.165, 1.54) is 5.56 Å². The Morgan fingerprint density at radius 3 is 2.52 bits per heavy atom. The Kier molecular flexibility index (Phi) is 7.69. The molecule has 2 aromatic carbocycles. The molecule has 1 heterocycles. The molecule has 1 fully saturated rings. The van der Waals surface area contributed by atoms with Gasteiger partial charge in [-0.15, -0.1) is 0 Å². The average molecular weight is 387 g/mol. The molecule has 1 aliphatic heterocycles. The van der Waals surface area contributed by atoms with Gasteiger partial charge in [0.05, 0.1) is 19.3 Å². The van der Waals surface area contributed by atoms with Gasteiger partial charge in [-0.05, 0) is 30.0 Å². The van der Waals surface area contributed by atoms with Crippen molar-refractivity contribution in [1.29, 1.82) is 0 Å². The second kappa shape index (κ2) is 10.5. The highest BCUT2D eigenvalue weighted by atomic mass is 35.5. The number of carbonyl (C=O) groups is 1. The van der Waals surface area contributed by atoms with E-state index < -0.39 is 0 Å². The van der Waals surface area contributed by atoms with Gasteiger partial charge < -0.3 is 10.1 Å². The van der Waals surface area contributed by atoms with E-state index in [0.29, 0.717) is 26.2 Å². The van der Waals surface area contributed by atoms with Crippen molar-refractivity contribution in [3.05, 3.63) is 70.7 Å². The number of rotatable bonds is 8. The van der Waals surface area contributed by atoms with E-state index in [-0.39, 0.29) is 11.9 Å². The predicted octanol–water partition coefficient (Wildman–Crippen LogP) is 3.85. The number of amides is 1. The average Bonchev–Trinajstić information content (AvgIpc) is 2.71. The third-order valence-corrected chi connectivity index (χ3v) is 5.30. The maximum Gasteiger partial charge on any atom is 0.220 e. The maximum atomic E-state index is 12.3. The first-order valence-electron chi connectivity index (χ1n) is 9.61. The molecular formula is C22H27ClN2O2. The first-order valence-corrected chi connectivity index (χ1v) is 9.98. The SMILES string of the molecule is O=C(CCCc1ccccc1)NCC(c1ccccc1Cl)N1CCOCC1. The van der Waals surface area contributed by atoms with Crippen molar-refractivity contribution >= 4 is 17.5 Å². The number of hydrogen-bond acceptors (Lipinski definition) is 3. The van der Waals surface area contributed by atoms with E-state index in [2.05, 4.69) is 22.3 Å². The number of aryl methyl sites for hydroxylation is 1. The number of nitrogens with one attached hydrogen (secondary N) is 1. The van der Waals surface area contributed by atoms with Gasteiger partial charge in [0, 0.05) is 31.1 Å². The smallest absolute Gasteiger partial charge is 0.220 e. The van der Waals surface area contributed by atoms with Gasteiger partial charge in [0.25, 0.3) is 0 Å². The Morgan fingerprint density at radius 1 is 1.07 bits per heavy atom. The lowest BCUT2D eigenvalue weighted by Crippen LogP contribution is -2.43. The van der Waals surface area contributed by atoms with Crippen LogP contribution in [-0.4, -0.2) is 43.7 Å². The van der Waals surface area contributed by atoms with E-state index in [0.717, 1.165) is 36.5 Å². The number of hydrogen-bond donors (Lipinski definition) is 1. The Balaban J connectivity index is 1.54. The lowest BCUT2D eigenvalue weighted by atomic mass is 10.0. The molecule has 1 saturated heterocycles. The predicted molar refractivity (Wildman–Crippen MR) is 109 cm³/mol. The van der Waals surface area contributed by atoms with Crippen molar-refractivity contribution in [2.24, 2.45) is 0 Å². The van der Waals surface area contributed by atoms with Crippen molar-refractivity contribution in [2.75, 3.05) is 32.8 Å². The third kappa shape index (κ3) is 6.06. The molecule has 1 N–H and O–H groups in total. The summed E-state index contributed by atoms with van der Waals surface area (Å²) in [5.41, 5.74) is 2.33.